The lowest BCUT2D eigenvalue weighted by Gasteiger charge is -2.36. The maximum atomic E-state index is 12.3. The number of aromatic nitrogens is 3. The lowest BCUT2D eigenvalue weighted by atomic mass is 10.2. The molecule has 7 nitrogen and oxygen atoms in total. The van der Waals surface area contributed by atoms with E-state index in [2.05, 4.69) is 82.9 Å². The van der Waals surface area contributed by atoms with Crippen molar-refractivity contribution >= 4 is 22.6 Å². The fourth-order valence-corrected chi connectivity index (χ4v) is 4.17. The molecule has 0 saturated carbocycles. The number of carbonyl (C=O) groups is 1. The van der Waals surface area contributed by atoms with E-state index in [4.69, 9.17) is 13.4 Å². The molecule has 0 unspecified atom stereocenters. The second kappa shape index (κ2) is 8.86. The number of aryl methyl sites for hydroxylation is 1. The quantitative estimate of drug-likeness (QED) is 0.465. The van der Waals surface area contributed by atoms with E-state index < -0.39 is 16.6 Å². The summed E-state index contributed by atoms with van der Waals surface area (Å²) in [5.41, 5.74) is 0.599. The predicted octanol–water partition coefficient (Wildman–Crippen LogP) is 6.00. The van der Waals surface area contributed by atoms with Crippen molar-refractivity contribution in [2.24, 2.45) is 0 Å². The van der Waals surface area contributed by atoms with E-state index >= 15 is 0 Å². The van der Waals surface area contributed by atoms with Gasteiger partial charge < -0.3 is 13.4 Å². The minimum absolute atomic E-state index is 0.0214. The Labute approximate surface area is 188 Å². The zero-order valence-electron chi connectivity index (χ0n) is 20.6. The average Bonchev–Trinajstić information content (AvgIpc) is 3.07. The molecular formula is C22H37N3O4Si2. The van der Waals surface area contributed by atoms with Crippen molar-refractivity contribution in [2.45, 2.75) is 90.6 Å². The lowest BCUT2D eigenvalue weighted by Crippen LogP contribution is -2.43. The van der Waals surface area contributed by atoms with Crippen molar-refractivity contribution < 1.29 is 18.2 Å². The van der Waals surface area contributed by atoms with E-state index in [-0.39, 0.29) is 22.5 Å². The minimum Gasteiger partial charge on any atom is -0.542 e. The van der Waals surface area contributed by atoms with Gasteiger partial charge in [0.1, 0.15) is 11.4 Å². The van der Waals surface area contributed by atoms with Gasteiger partial charge in [-0.1, -0.05) is 46.7 Å². The second-order valence-corrected chi connectivity index (χ2v) is 20.4. The molecule has 0 aromatic carbocycles. The van der Waals surface area contributed by atoms with Gasteiger partial charge >= 0.3 is 0 Å². The largest absolute Gasteiger partial charge is 0.542 e. The van der Waals surface area contributed by atoms with E-state index in [1.807, 2.05) is 12.1 Å². The molecule has 0 fully saturated rings. The molecule has 2 aromatic heterocycles. The van der Waals surface area contributed by atoms with E-state index in [9.17, 15) is 4.79 Å². The molecular weight excluding hydrogens is 426 g/mol. The molecule has 0 atom stereocenters. The van der Waals surface area contributed by atoms with Crippen LogP contribution >= 0.6 is 0 Å². The number of pyridine rings is 1. The average molecular weight is 464 g/mol. The first-order valence-corrected chi connectivity index (χ1v) is 16.5. The third-order valence-corrected chi connectivity index (χ3v) is 15.0. The molecule has 2 rings (SSSR count). The Morgan fingerprint density at radius 2 is 1.61 bits per heavy atom. The maximum Gasteiger partial charge on any atom is 0.293 e. The van der Waals surface area contributed by atoms with Gasteiger partial charge in [0.25, 0.3) is 22.6 Å². The number of hydrogen-bond donors (Lipinski definition) is 0. The first-order chi connectivity index (χ1) is 14.0. The highest BCUT2D eigenvalue weighted by molar-refractivity contribution is 6.75. The van der Waals surface area contributed by atoms with Gasteiger partial charge in [-0.3, -0.25) is 4.79 Å². The summed E-state index contributed by atoms with van der Waals surface area (Å²) in [6.45, 7) is 21.4. The molecule has 0 amide bonds. The molecule has 31 heavy (non-hydrogen) atoms. The fourth-order valence-electron chi connectivity index (χ4n) is 2.18. The molecule has 0 aliphatic heterocycles. The van der Waals surface area contributed by atoms with E-state index in [0.29, 0.717) is 23.8 Å². The number of nitrogens with zero attached hydrogens (tertiary/aromatic N) is 3. The zero-order chi connectivity index (χ0) is 23.7. The van der Waals surface area contributed by atoms with Gasteiger partial charge in [0.2, 0.25) is 11.7 Å². The Morgan fingerprint density at radius 3 is 2.13 bits per heavy atom. The highest BCUT2D eigenvalue weighted by Gasteiger charge is 2.40. The van der Waals surface area contributed by atoms with Crippen LogP contribution in [0.15, 0.2) is 22.9 Å². The minimum atomic E-state index is -2.12. The Bertz CT molecular complexity index is 895. The van der Waals surface area contributed by atoms with E-state index in [1.165, 1.54) is 0 Å². The van der Waals surface area contributed by atoms with Crippen LogP contribution in [-0.2, 0) is 15.6 Å². The Balaban J connectivity index is 1.98. The summed E-state index contributed by atoms with van der Waals surface area (Å²) in [4.78, 5) is 21.1. The SMILES string of the molecule is CC(C)(C)[Si](C)(C)OC(=O)CCc1nc(-c2ccc(O[Si](C)(C)C(C)(C)C)cn2)no1. The van der Waals surface area contributed by atoms with Gasteiger partial charge in [-0.05, 0) is 48.4 Å². The fraction of sp³-hybridized carbons (Fsp3) is 0.636. The summed E-state index contributed by atoms with van der Waals surface area (Å²) < 4.78 is 17.3. The van der Waals surface area contributed by atoms with Gasteiger partial charge in [0.15, 0.2) is 0 Å². The summed E-state index contributed by atoms with van der Waals surface area (Å²) in [5, 5.41) is 4.09. The van der Waals surface area contributed by atoms with Crippen LogP contribution in [0.25, 0.3) is 11.5 Å². The summed E-state index contributed by atoms with van der Waals surface area (Å²) in [6, 6.07) is 3.71. The van der Waals surface area contributed by atoms with Crippen LogP contribution in [-0.4, -0.2) is 37.7 Å². The monoisotopic (exact) mass is 463 g/mol. The summed E-state index contributed by atoms with van der Waals surface area (Å²) in [7, 11) is -4.04. The first-order valence-electron chi connectivity index (χ1n) is 10.7. The first kappa shape index (κ1) is 25.3. The molecule has 0 radical (unpaired) electrons. The molecule has 172 valence electrons. The highest BCUT2D eigenvalue weighted by atomic mass is 28.4. The van der Waals surface area contributed by atoms with Crippen molar-refractivity contribution in [1.82, 2.24) is 15.1 Å². The van der Waals surface area contributed by atoms with Gasteiger partial charge in [-0.15, -0.1) is 0 Å². The molecule has 0 saturated heterocycles. The molecule has 2 aromatic rings. The second-order valence-electron chi connectivity index (χ2n) is 11.0. The van der Waals surface area contributed by atoms with Gasteiger partial charge in [0, 0.05) is 6.42 Å². The molecule has 0 N–H and O–H groups in total. The van der Waals surface area contributed by atoms with Crippen LogP contribution in [0.5, 0.6) is 5.75 Å². The third kappa shape index (κ3) is 6.49. The van der Waals surface area contributed by atoms with Crippen LogP contribution in [0.2, 0.25) is 36.3 Å². The Morgan fingerprint density at radius 1 is 1.00 bits per heavy atom. The topological polar surface area (TPSA) is 87.3 Å². The van der Waals surface area contributed by atoms with Crippen LogP contribution in [0.4, 0.5) is 0 Å². The summed E-state index contributed by atoms with van der Waals surface area (Å²) >= 11 is 0. The van der Waals surface area contributed by atoms with Crippen LogP contribution < -0.4 is 4.43 Å². The van der Waals surface area contributed by atoms with Crippen LogP contribution in [0.3, 0.4) is 0 Å². The Kier molecular flexibility index (Phi) is 7.21. The third-order valence-electron chi connectivity index (χ3n) is 6.33. The van der Waals surface area contributed by atoms with Gasteiger partial charge in [-0.25, -0.2) is 4.98 Å². The van der Waals surface area contributed by atoms with Crippen LogP contribution in [0.1, 0.15) is 53.9 Å². The van der Waals surface area contributed by atoms with Crippen molar-refractivity contribution in [3.8, 4) is 17.3 Å². The standard InChI is InChI=1S/C22H37N3O4Si2/c1-21(2,3)30(7,8)28-16-11-12-17(23-15-16)20-24-18(27-25-20)13-14-19(26)29-31(9,10)22(4,5)6/h11-12,15H,13-14H2,1-10H3. The molecule has 0 spiro atoms. The lowest BCUT2D eigenvalue weighted by molar-refractivity contribution is -0.135. The molecule has 0 aliphatic rings. The number of rotatable bonds is 7. The molecule has 2 heterocycles. The van der Waals surface area contributed by atoms with Crippen molar-refractivity contribution in [3.05, 3.63) is 24.2 Å². The summed E-state index contributed by atoms with van der Waals surface area (Å²) in [6.07, 6.45) is 2.25. The van der Waals surface area contributed by atoms with E-state index in [0.717, 1.165) is 5.75 Å². The van der Waals surface area contributed by atoms with Gasteiger partial charge in [0.05, 0.1) is 12.6 Å². The molecule has 9 heteroatoms. The summed E-state index contributed by atoms with van der Waals surface area (Å²) in [5.74, 6) is 1.31. The molecule has 0 aliphatic carbocycles. The Hall–Kier alpha value is -2.01. The van der Waals surface area contributed by atoms with Crippen molar-refractivity contribution in [1.29, 1.82) is 0 Å². The highest BCUT2D eigenvalue weighted by Crippen LogP contribution is 2.38. The molecule has 0 bridgehead atoms. The van der Waals surface area contributed by atoms with Gasteiger partial charge in [-0.2, -0.15) is 4.98 Å². The predicted molar refractivity (Wildman–Crippen MR) is 127 cm³/mol. The zero-order valence-corrected chi connectivity index (χ0v) is 22.6. The maximum absolute atomic E-state index is 12.3. The van der Waals surface area contributed by atoms with Crippen molar-refractivity contribution in [2.75, 3.05) is 0 Å². The smallest absolute Gasteiger partial charge is 0.293 e. The number of carbonyl (C=O) groups excluding carboxylic acids is 1. The van der Waals surface area contributed by atoms with Crippen molar-refractivity contribution in [3.63, 3.8) is 0 Å². The normalized spacial score (nSPS) is 13.2. The van der Waals surface area contributed by atoms with E-state index in [1.54, 1.807) is 6.20 Å². The number of hydrogen-bond acceptors (Lipinski definition) is 7. The van der Waals surface area contributed by atoms with Crippen LogP contribution in [0, 0.1) is 0 Å².